The summed E-state index contributed by atoms with van der Waals surface area (Å²) in [7, 11) is -2.39. The molecule has 0 aliphatic carbocycles. The number of hydrogen-bond donors (Lipinski definition) is 3. The van der Waals surface area contributed by atoms with Crippen molar-refractivity contribution >= 4 is 49.7 Å². The molecule has 3 aliphatic heterocycles. The molecule has 4 aromatic carbocycles. The number of piperazine rings is 1. The number of benzene rings is 4. The Morgan fingerprint density at radius 2 is 1.70 bits per heavy atom. The van der Waals surface area contributed by atoms with E-state index in [4.69, 9.17) is 9.47 Å². The number of nitro groups is 1. The molecular weight excluding hydrogens is 821 g/mol. The molecule has 9 rings (SSSR count). The van der Waals surface area contributed by atoms with Gasteiger partial charge in [0.15, 0.2) is 0 Å². The van der Waals surface area contributed by atoms with Crippen LogP contribution in [0, 0.1) is 16.0 Å². The van der Waals surface area contributed by atoms with Crippen molar-refractivity contribution in [2.45, 2.75) is 36.6 Å². The summed E-state index contributed by atoms with van der Waals surface area (Å²) >= 11 is 0. The van der Waals surface area contributed by atoms with Crippen molar-refractivity contribution in [1.82, 2.24) is 19.6 Å². The lowest BCUT2D eigenvalue weighted by Crippen LogP contribution is -2.45. The van der Waals surface area contributed by atoms with Gasteiger partial charge in [-0.15, -0.1) is 0 Å². The zero-order valence-electron chi connectivity index (χ0n) is 35.0. The summed E-state index contributed by atoms with van der Waals surface area (Å²) in [5, 5.41) is 16.0. The number of nitro benzene ring substituents is 1. The van der Waals surface area contributed by atoms with Crippen LogP contribution in [-0.4, -0.2) is 93.6 Å². The predicted molar refractivity (Wildman–Crippen MR) is 243 cm³/mol. The molecule has 3 aliphatic rings. The Hall–Kier alpha value is -6.49. The molecule has 6 aromatic rings. The number of amides is 1. The summed E-state index contributed by atoms with van der Waals surface area (Å²) in [6.45, 7) is 6.75. The van der Waals surface area contributed by atoms with Crippen molar-refractivity contribution in [2.75, 3.05) is 74.6 Å². The summed E-state index contributed by atoms with van der Waals surface area (Å²) in [6.07, 6.45) is 7.06. The van der Waals surface area contributed by atoms with Crippen molar-refractivity contribution < 1.29 is 27.6 Å². The lowest BCUT2D eigenvalue weighted by atomic mass is 9.99. The first kappa shape index (κ1) is 41.8. The van der Waals surface area contributed by atoms with E-state index in [1.807, 2.05) is 18.2 Å². The molecule has 1 amide bonds. The van der Waals surface area contributed by atoms with Crippen molar-refractivity contribution in [2.24, 2.45) is 5.92 Å². The van der Waals surface area contributed by atoms with Crippen molar-refractivity contribution in [3.05, 3.63) is 131 Å². The van der Waals surface area contributed by atoms with Gasteiger partial charge in [0.05, 0.1) is 27.6 Å². The first-order valence-corrected chi connectivity index (χ1v) is 22.9. The standard InChI is InChI=1S/C47H50N8O7S/c1-52-21-23-53(24-22-52)42-6-3-2-5-39(42)43-7-4-20-54(43)36-11-8-33(9-12-36)34-10-14-40(45(28-34)62-37-27-35-16-19-48-46(35)50-31-37)47(56)51-63(59,60)38-13-15-41(44(29-38)55(57)58)49-30-32-17-25-61-26-18-32/h2-3,5-6,8-16,19,27-29,31-32,43,49H,4,7,17-18,20-26,30H2,1H3,(H,48,50)(H,51,56). The topological polar surface area (TPSA) is 175 Å². The smallest absolute Gasteiger partial charge is 0.293 e. The Bertz CT molecular complexity index is 2730. The van der Waals surface area contributed by atoms with Crippen molar-refractivity contribution in [3.8, 4) is 22.6 Å². The van der Waals surface area contributed by atoms with E-state index in [1.165, 1.54) is 35.6 Å². The predicted octanol–water partition coefficient (Wildman–Crippen LogP) is 7.98. The number of aromatic nitrogens is 2. The van der Waals surface area contributed by atoms with Gasteiger partial charge in [0, 0.05) is 81.5 Å². The van der Waals surface area contributed by atoms with Crippen LogP contribution in [0.3, 0.4) is 0 Å². The minimum absolute atomic E-state index is 0.0590. The van der Waals surface area contributed by atoms with Crippen molar-refractivity contribution in [3.63, 3.8) is 0 Å². The minimum Gasteiger partial charge on any atom is -0.455 e. The summed E-state index contributed by atoms with van der Waals surface area (Å²) in [5.74, 6) is -0.265. The van der Waals surface area contributed by atoms with Gasteiger partial charge in [-0.3, -0.25) is 14.9 Å². The number of ether oxygens (including phenoxy) is 2. The van der Waals surface area contributed by atoms with Crippen LogP contribution in [0.1, 0.15) is 47.6 Å². The van der Waals surface area contributed by atoms with E-state index in [9.17, 15) is 23.3 Å². The number of para-hydroxylation sites is 1. The number of nitrogens with zero attached hydrogens (tertiary/aromatic N) is 5. The summed E-state index contributed by atoms with van der Waals surface area (Å²) < 4.78 is 41.2. The van der Waals surface area contributed by atoms with E-state index >= 15 is 0 Å². The Kier molecular flexibility index (Phi) is 12.0. The zero-order chi connectivity index (χ0) is 43.5. The first-order valence-electron chi connectivity index (χ1n) is 21.4. The highest BCUT2D eigenvalue weighted by atomic mass is 32.2. The second-order valence-corrected chi connectivity index (χ2v) is 18.1. The number of carbonyl (C=O) groups excluding carboxylic acids is 1. The lowest BCUT2D eigenvalue weighted by Gasteiger charge is -2.37. The molecule has 326 valence electrons. The summed E-state index contributed by atoms with van der Waals surface area (Å²) in [5.41, 5.74) is 5.75. The average molecular weight is 871 g/mol. The highest BCUT2D eigenvalue weighted by Crippen LogP contribution is 2.41. The maximum Gasteiger partial charge on any atom is 0.293 e. The molecule has 1 unspecified atom stereocenters. The molecule has 15 nitrogen and oxygen atoms in total. The SMILES string of the molecule is CN1CCN(c2ccccc2C2CCCN2c2ccc(-c3ccc(C(=O)NS(=O)(=O)c4ccc(NCC5CCOCC5)c([N+](=O)[O-])c4)c(Oc4cnc5[nH]ccc5c4)c3)cc2)CC1. The van der Waals surface area contributed by atoms with E-state index in [-0.39, 0.29) is 29.0 Å². The summed E-state index contributed by atoms with van der Waals surface area (Å²) in [6, 6.07) is 29.5. The average Bonchev–Trinajstić information content (AvgIpc) is 3.99. The number of sulfonamides is 1. The number of hydrogen-bond acceptors (Lipinski definition) is 12. The van der Waals surface area contributed by atoms with Gasteiger partial charge in [0.25, 0.3) is 21.6 Å². The molecule has 3 fully saturated rings. The second kappa shape index (κ2) is 18.1. The third-order valence-corrected chi connectivity index (χ3v) is 13.7. The minimum atomic E-state index is -4.57. The fraction of sp³-hybridized carbons (Fsp3) is 0.319. The Morgan fingerprint density at radius 1 is 0.921 bits per heavy atom. The number of fused-ring (bicyclic) bond motifs is 1. The van der Waals surface area contributed by atoms with E-state index in [1.54, 1.807) is 24.4 Å². The first-order chi connectivity index (χ1) is 30.6. The van der Waals surface area contributed by atoms with Gasteiger partial charge in [0.1, 0.15) is 22.8 Å². The Balaban J connectivity index is 0.971. The van der Waals surface area contributed by atoms with E-state index in [2.05, 4.69) is 78.2 Å². The van der Waals surface area contributed by atoms with Gasteiger partial charge in [-0.05, 0) is 110 Å². The third kappa shape index (κ3) is 9.19. The van der Waals surface area contributed by atoms with Crippen LogP contribution >= 0.6 is 0 Å². The Labute approximate surface area is 366 Å². The largest absolute Gasteiger partial charge is 0.455 e. The zero-order valence-corrected chi connectivity index (χ0v) is 35.9. The van der Waals surface area contributed by atoms with Crippen LogP contribution in [0.5, 0.6) is 11.5 Å². The van der Waals surface area contributed by atoms with Crippen molar-refractivity contribution in [1.29, 1.82) is 0 Å². The van der Waals surface area contributed by atoms with E-state index in [0.29, 0.717) is 31.2 Å². The number of aromatic amines is 1. The number of carbonyl (C=O) groups is 1. The molecule has 0 bridgehead atoms. The van der Waals surface area contributed by atoms with Gasteiger partial charge < -0.3 is 34.5 Å². The van der Waals surface area contributed by atoms with Gasteiger partial charge >= 0.3 is 0 Å². The molecular formula is C47H50N8O7S. The maximum absolute atomic E-state index is 13.9. The van der Waals surface area contributed by atoms with Crippen LogP contribution in [0.25, 0.3) is 22.2 Å². The molecule has 3 N–H and O–H groups in total. The number of pyridine rings is 1. The quantitative estimate of drug-likeness (QED) is 0.0755. The number of H-pyrrole nitrogens is 1. The molecule has 0 radical (unpaired) electrons. The number of anilines is 3. The molecule has 0 saturated carbocycles. The molecule has 1 atom stereocenters. The second-order valence-electron chi connectivity index (χ2n) is 16.5. The maximum atomic E-state index is 13.9. The number of likely N-dealkylation sites (N-methyl/N-ethyl adjacent to an activating group) is 1. The molecule has 2 aromatic heterocycles. The highest BCUT2D eigenvalue weighted by Gasteiger charge is 2.31. The van der Waals surface area contributed by atoms with Crippen LogP contribution < -0.4 is 24.6 Å². The summed E-state index contributed by atoms with van der Waals surface area (Å²) in [4.78, 5) is 39.8. The fourth-order valence-corrected chi connectivity index (χ4v) is 9.83. The Morgan fingerprint density at radius 3 is 2.49 bits per heavy atom. The van der Waals surface area contributed by atoms with Crippen LogP contribution in [0.4, 0.5) is 22.7 Å². The van der Waals surface area contributed by atoms with E-state index < -0.39 is 31.4 Å². The van der Waals surface area contributed by atoms with Crippen LogP contribution in [-0.2, 0) is 14.8 Å². The number of rotatable bonds is 13. The normalized spacial score (nSPS) is 17.5. The lowest BCUT2D eigenvalue weighted by molar-refractivity contribution is -0.384. The fourth-order valence-electron chi connectivity index (χ4n) is 8.85. The molecule has 5 heterocycles. The van der Waals surface area contributed by atoms with Gasteiger partial charge in [-0.1, -0.05) is 36.4 Å². The van der Waals surface area contributed by atoms with E-state index in [0.717, 1.165) is 86.7 Å². The third-order valence-electron chi connectivity index (χ3n) is 12.4. The molecule has 16 heteroatoms. The molecule has 3 saturated heterocycles. The highest BCUT2D eigenvalue weighted by molar-refractivity contribution is 7.90. The van der Waals surface area contributed by atoms with Gasteiger partial charge in [-0.2, -0.15) is 0 Å². The molecule has 0 spiro atoms. The van der Waals surface area contributed by atoms with Gasteiger partial charge in [-0.25, -0.2) is 18.1 Å². The van der Waals surface area contributed by atoms with Crippen LogP contribution in [0.15, 0.2) is 114 Å². The molecule has 63 heavy (non-hydrogen) atoms. The van der Waals surface area contributed by atoms with Gasteiger partial charge in [0.2, 0.25) is 0 Å². The monoisotopic (exact) mass is 870 g/mol. The van der Waals surface area contributed by atoms with Crippen LogP contribution in [0.2, 0.25) is 0 Å². The number of nitrogens with one attached hydrogen (secondary N) is 3.